The number of fused-ring (bicyclic) bond motifs is 10. The Morgan fingerprint density at radius 3 is 1.46 bits per heavy atom. The Morgan fingerprint density at radius 1 is 0.327 bits per heavy atom. The highest BCUT2D eigenvalue weighted by atomic mass is 15.0. The first-order valence-corrected chi connectivity index (χ1v) is 18.2. The van der Waals surface area contributed by atoms with Crippen molar-refractivity contribution in [1.82, 2.24) is 9.13 Å². The second-order valence-corrected chi connectivity index (χ2v) is 14.1. The van der Waals surface area contributed by atoms with E-state index in [0.717, 1.165) is 12.8 Å². The van der Waals surface area contributed by atoms with Crippen LogP contribution in [0, 0.1) is 0 Å². The second-order valence-electron chi connectivity index (χ2n) is 14.1. The Bertz CT molecular complexity index is 2920. The van der Waals surface area contributed by atoms with Gasteiger partial charge >= 0.3 is 0 Å². The molecule has 0 radical (unpaired) electrons. The largest absolute Gasteiger partial charge is 0.309 e. The van der Waals surface area contributed by atoms with Gasteiger partial charge in [-0.1, -0.05) is 121 Å². The molecule has 1 aliphatic carbocycles. The van der Waals surface area contributed by atoms with E-state index in [1.807, 2.05) is 0 Å². The molecule has 0 saturated carbocycles. The van der Waals surface area contributed by atoms with Crippen LogP contribution in [0.1, 0.15) is 11.1 Å². The van der Waals surface area contributed by atoms with Gasteiger partial charge in [0, 0.05) is 32.9 Å². The fourth-order valence-corrected chi connectivity index (χ4v) is 8.83. The van der Waals surface area contributed by atoms with Crippen molar-refractivity contribution in [1.29, 1.82) is 0 Å². The van der Waals surface area contributed by atoms with Crippen LogP contribution in [0.4, 0.5) is 0 Å². The van der Waals surface area contributed by atoms with Gasteiger partial charge in [0.05, 0.1) is 22.1 Å². The van der Waals surface area contributed by atoms with E-state index in [0.29, 0.717) is 0 Å². The summed E-state index contributed by atoms with van der Waals surface area (Å²) in [7, 11) is 0. The second kappa shape index (κ2) is 11.4. The van der Waals surface area contributed by atoms with E-state index in [1.165, 1.54) is 99.5 Å². The predicted octanol–water partition coefficient (Wildman–Crippen LogP) is 13.0. The molecule has 2 heteroatoms. The monoisotopic (exact) mass is 662 g/mol. The number of aromatic nitrogens is 2. The summed E-state index contributed by atoms with van der Waals surface area (Å²) in [5, 5.41) is 5.21. The molecule has 0 spiro atoms. The van der Waals surface area contributed by atoms with Crippen molar-refractivity contribution >= 4 is 43.6 Å². The summed E-state index contributed by atoms with van der Waals surface area (Å²) in [5.41, 5.74) is 17.9. The Hall–Kier alpha value is -6.64. The normalized spacial score (nSPS) is 12.5. The lowest BCUT2D eigenvalue weighted by Crippen LogP contribution is -2.07. The lowest BCUT2D eigenvalue weighted by Gasteiger charge is -2.23. The average molecular weight is 663 g/mol. The molecule has 0 atom stereocenters. The number of benzene rings is 8. The van der Waals surface area contributed by atoms with Crippen molar-refractivity contribution in [2.75, 3.05) is 0 Å². The number of nitrogens with zero attached hydrogens (tertiary/aromatic N) is 2. The molecule has 0 saturated heterocycles. The minimum Gasteiger partial charge on any atom is -0.309 e. The molecule has 2 nitrogen and oxygen atoms in total. The average Bonchev–Trinajstić information content (AvgIpc) is 3.73. The first-order valence-electron chi connectivity index (χ1n) is 18.2. The minimum absolute atomic E-state index is 0.993. The molecular formula is C50H34N2. The maximum absolute atomic E-state index is 2.51. The zero-order valence-corrected chi connectivity index (χ0v) is 28.6. The number of hydrogen-bond donors (Lipinski definition) is 0. The van der Waals surface area contributed by atoms with E-state index >= 15 is 0 Å². The van der Waals surface area contributed by atoms with Crippen molar-refractivity contribution < 1.29 is 0 Å². The van der Waals surface area contributed by atoms with Gasteiger partial charge in [0.1, 0.15) is 0 Å². The summed E-state index contributed by atoms with van der Waals surface area (Å²) in [6, 6.07) is 66.9. The van der Waals surface area contributed by atoms with E-state index < -0.39 is 0 Å². The molecule has 1 aliphatic rings. The van der Waals surface area contributed by atoms with Crippen LogP contribution in [0.5, 0.6) is 0 Å². The molecule has 0 fully saturated rings. The third-order valence-electron chi connectivity index (χ3n) is 11.2. The summed E-state index contributed by atoms with van der Waals surface area (Å²) >= 11 is 0. The zero-order valence-electron chi connectivity index (χ0n) is 28.6. The van der Waals surface area contributed by atoms with Gasteiger partial charge in [0.25, 0.3) is 0 Å². The van der Waals surface area contributed by atoms with Crippen LogP contribution in [-0.2, 0) is 12.8 Å². The molecule has 2 aromatic heterocycles. The van der Waals surface area contributed by atoms with E-state index in [1.54, 1.807) is 0 Å². The topological polar surface area (TPSA) is 9.86 Å². The van der Waals surface area contributed by atoms with Crippen LogP contribution >= 0.6 is 0 Å². The van der Waals surface area contributed by atoms with Gasteiger partial charge in [0.2, 0.25) is 0 Å². The highest BCUT2D eigenvalue weighted by Gasteiger charge is 2.25. The van der Waals surface area contributed by atoms with Gasteiger partial charge in [-0.05, 0) is 118 Å². The molecule has 0 N–H and O–H groups in total. The summed E-state index contributed by atoms with van der Waals surface area (Å²) in [4.78, 5) is 0. The molecule has 0 unspecified atom stereocenters. The zero-order chi connectivity index (χ0) is 34.2. The Labute approximate surface area is 302 Å². The molecule has 2 heterocycles. The summed E-state index contributed by atoms with van der Waals surface area (Å²) < 4.78 is 4.96. The number of aryl methyl sites for hydroxylation is 2. The van der Waals surface area contributed by atoms with Crippen molar-refractivity contribution in [3.8, 4) is 44.8 Å². The van der Waals surface area contributed by atoms with Gasteiger partial charge in [-0.3, -0.25) is 0 Å². The number of hydrogen-bond acceptors (Lipinski definition) is 0. The van der Waals surface area contributed by atoms with E-state index in [-0.39, 0.29) is 0 Å². The van der Waals surface area contributed by atoms with E-state index in [4.69, 9.17) is 0 Å². The summed E-state index contributed by atoms with van der Waals surface area (Å²) in [6.45, 7) is 0. The van der Waals surface area contributed by atoms with Crippen LogP contribution in [0.15, 0.2) is 182 Å². The number of rotatable bonds is 4. The lowest BCUT2D eigenvalue weighted by molar-refractivity contribution is 0.944. The molecule has 52 heavy (non-hydrogen) atoms. The fourth-order valence-electron chi connectivity index (χ4n) is 8.83. The van der Waals surface area contributed by atoms with Crippen molar-refractivity contribution in [2.45, 2.75) is 12.8 Å². The van der Waals surface area contributed by atoms with E-state index in [9.17, 15) is 0 Å². The minimum atomic E-state index is 0.993. The smallest absolute Gasteiger partial charge is 0.0579 e. The number of para-hydroxylation sites is 2. The van der Waals surface area contributed by atoms with E-state index in [2.05, 4.69) is 191 Å². The van der Waals surface area contributed by atoms with Crippen LogP contribution in [-0.4, -0.2) is 9.13 Å². The third-order valence-corrected chi connectivity index (χ3v) is 11.2. The van der Waals surface area contributed by atoms with Crippen LogP contribution in [0.25, 0.3) is 88.4 Å². The molecule has 244 valence electrons. The first kappa shape index (κ1) is 29.1. The lowest BCUT2D eigenvalue weighted by atomic mass is 9.83. The predicted molar refractivity (Wildman–Crippen MR) is 219 cm³/mol. The third kappa shape index (κ3) is 4.37. The molecule has 0 bridgehead atoms. The quantitative estimate of drug-likeness (QED) is 0.177. The molecule has 0 amide bonds. The standard InChI is InChI=1S/C50H34N2/c1-5-13-33(14-6-1)35-23-28-48-44(29-35)42-26-25-40-41(50(42)52(48)39-19-11-4-12-20-39)24-21-37-31-46-45-30-36(34-15-7-2-8-16-34)22-27-47(45)51(49(46)32-43(37)40)38-17-9-3-10-18-38/h1-20,22-23,25-32H,21,24H2. The fraction of sp³-hybridized carbons (Fsp3) is 0.0400. The molecule has 10 aromatic rings. The van der Waals surface area contributed by atoms with Gasteiger partial charge in [0.15, 0.2) is 0 Å². The highest BCUT2D eigenvalue weighted by Crippen LogP contribution is 2.45. The highest BCUT2D eigenvalue weighted by molar-refractivity contribution is 6.15. The molecule has 8 aromatic carbocycles. The van der Waals surface area contributed by atoms with Crippen LogP contribution in [0.3, 0.4) is 0 Å². The maximum atomic E-state index is 2.51. The SMILES string of the molecule is c1ccc(-c2ccc3c(c2)c2cc4c(cc2n3-c2ccccc2)-c2ccc3c5cc(-c6ccccc6)ccc5n(-c5ccccc5)c3c2CC4)cc1. The van der Waals surface area contributed by atoms with Crippen molar-refractivity contribution in [3.05, 3.63) is 193 Å². The van der Waals surface area contributed by atoms with Crippen LogP contribution in [0.2, 0.25) is 0 Å². The summed E-state index contributed by atoms with van der Waals surface area (Å²) in [6.07, 6.45) is 1.99. The van der Waals surface area contributed by atoms with Crippen LogP contribution < -0.4 is 0 Å². The van der Waals surface area contributed by atoms with Gasteiger partial charge in [-0.25, -0.2) is 0 Å². The van der Waals surface area contributed by atoms with Crippen molar-refractivity contribution in [2.24, 2.45) is 0 Å². The van der Waals surface area contributed by atoms with Gasteiger partial charge < -0.3 is 9.13 Å². The Kier molecular flexibility index (Phi) is 6.41. The maximum Gasteiger partial charge on any atom is 0.0579 e. The molecule has 0 aliphatic heterocycles. The first-order chi connectivity index (χ1) is 25.8. The Balaban J connectivity index is 1.18. The van der Waals surface area contributed by atoms with Gasteiger partial charge in [-0.15, -0.1) is 0 Å². The Morgan fingerprint density at radius 2 is 0.846 bits per heavy atom. The van der Waals surface area contributed by atoms with Crippen molar-refractivity contribution in [3.63, 3.8) is 0 Å². The molecule has 11 rings (SSSR count). The summed E-state index contributed by atoms with van der Waals surface area (Å²) in [5.74, 6) is 0. The van der Waals surface area contributed by atoms with Gasteiger partial charge in [-0.2, -0.15) is 0 Å². The molecular weight excluding hydrogens is 629 g/mol.